The maximum Gasteiger partial charge on any atom is 0.232 e. The van der Waals surface area contributed by atoms with Crippen LogP contribution < -0.4 is 4.90 Å². The molecule has 1 amide bonds. The molecule has 0 unspecified atom stereocenters. The fourth-order valence-electron chi connectivity index (χ4n) is 4.41. The maximum absolute atomic E-state index is 14.6. The molecule has 1 atom stereocenters. The lowest BCUT2D eigenvalue weighted by atomic mass is 9.69. The molecule has 3 nitrogen and oxygen atoms in total. The highest BCUT2D eigenvalue weighted by atomic mass is 35.5. The lowest BCUT2D eigenvalue weighted by Crippen LogP contribution is -2.44. The van der Waals surface area contributed by atoms with Crippen LogP contribution in [0.3, 0.4) is 0 Å². The molecule has 1 aliphatic carbocycles. The smallest absolute Gasteiger partial charge is 0.232 e. The number of hydrogen-bond donors (Lipinski definition) is 0. The van der Waals surface area contributed by atoms with E-state index in [1.807, 2.05) is 13.8 Å². The van der Waals surface area contributed by atoms with Gasteiger partial charge in [-0.2, -0.15) is 0 Å². The summed E-state index contributed by atoms with van der Waals surface area (Å²) in [5.41, 5.74) is 1.01. The molecule has 0 bridgehead atoms. The second-order valence-electron chi connectivity index (χ2n) is 8.53. The number of nitrogens with zero attached hydrogens (tertiary/aromatic N) is 1. The Morgan fingerprint density at radius 1 is 1.07 bits per heavy atom. The SMILES string of the molecule is CC1(C)CC(=O)C2=C(C1)N(c1ccc(F)cc1F)C(=O)C[C@H]2c1cccc(Cl)c1Cl. The minimum Gasteiger partial charge on any atom is -0.294 e. The molecular formula is C23H19Cl2F2NO2. The first-order valence-electron chi connectivity index (χ1n) is 9.57. The lowest BCUT2D eigenvalue weighted by Gasteiger charge is -2.43. The number of amides is 1. The normalized spacial score (nSPS) is 21.1. The molecule has 4 rings (SSSR count). The molecule has 0 saturated carbocycles. The molecule has 0 N–H and O–H groups in total. The molecule has 0 radical (unpaired) electrons. The van der Waals surface area contributed by atoms with Gasteiger partial charge in [-0.3, -0.25) is 14.5 Å². The number of rotatable bonds is 2. The molecule has 0 aromatic heterocycles. The molecule has 2 aromatic carbocycles. The van der Waals surface area contributed by atoms with Crippen molar-refractivity contribution in [3.8, 4) is 0 Å². The number of carbonyl (C=O) groups excluding carboxylic acids is 2. The van der Waals surface area contributed by atoms with Crippen molar-refractivity contribution in [2.75, 3.05) is 4.90 Å². The Labute approximate surface area is 183 Å². The number of carbonyl (C=O) groups is 2. The third-order valence-electron chi connectivity index (χ3n) is 5.65. The van der Waals surface area contributed by atoms with Crippen molar-refractivity contribution in [3.05, 3.63) is 74.9 Å². The Bertz CT molecular complexity index is 1110. The first kappa shape index (κ1) is 21.0. The van der Waals surface area contributed by atoms with Crippen LogP contribution in [-0.2, 0) is 9.59 Å². The van der Waals surface area contributed by atoms with Crippen LogP contribution in [0.5, 0.6) is 0 Å². The first-order valence-corrected chi connectivity index (χ1v) is 10.3. The predicted octanol–water partition coefficient (Wildman–Crippen LogP) is 6.44. The number of halogens is 4. The second kappa shape index (κ2) is 7.47. The zero-order chi connectivity index (χ0) is 21.8. The van der Waals surface area contributed by atoms with Crippen molar-refractivity contribution in [1.29, 1.82) is 0 Å². The topological polar surface area (TPSA) is 37.4 Å². The summed E-state index contributed by atoms with van der Waals surface area (Å²) in [5, 5.41) is 0.627. The van der Waals surface area contributed by atoms with Gasteiger partial charge >= 0.3 is 0 Å². The highest BCUT2D eigenvalue weighted by molar-refractivity contribution is 6.42. The van der Waals surface area contributed by atoms with E-state index in [2.05, 4.69) is 0 Å². The van der Waals surface area contributed by atoms with Crippen molar-refractivity contribution < 1.29 is 18.4 Å². The van der Waals surface area contributed by atoms with Gasteiger partial charge in [0.05, 0.1) is 15.7 Å². The van der Waals surface area contributed by atoms with Crippen molar-refractivity contribution in [2.45, 2.75) is 39.0 Å². The summed E-state index contributed by atoms with van der Waals surface area (Å²) in [5.74, 6) is -2.65. The number of hydrogen-bond acceptors (Lipinski definition) is 2. The van der Waals surface area contributed by atoms with E-state index in [1.54, 1.807) is 18.2 Å². The van der Waals surface area contributed by atoms with Crippen LogP contribution in [0.4, 0.5) is 14.5 Å². The Morgan fingerprint density at radius 3 is 2.50 bits per heavy atom. The van der Waals surface area contributed by atoms with Gasteiger partial charge in [0.15, 0.2) is 5.78 Å². The number of allylic oxidation sites excluding steroid dienone is 2. The molecule has 7 heteroatoms. The zero-order valence-electron chi connectivity index (χ0n) is 16.4. The minimum absolute atomic E-state index is 0.0601. The molecule has 2 aromatic rings. The van der Waals surface area contributed by atoms with Crippen LogP contribution in [0.15, 0.2) is 47.7 Å². The van der Waals surface area contributed by atoms with Crippen LogP contribution >= 0.6 is 23.2 Å². The van der Waals surface area contributed by atoms with Crippen LogP contribution in [-0.4, -0.2) is 11.7 Å². The molecule has 1 aliphatic heterocycles. The van der Waals surface area contributed by atoms with E-state index in [0.29, 0.717) is 39.7 Å². The van der Waals surface area contributed by atoms with E-state index in [-0.39, 0.29) is 23.8 Å². The molecule has 1 heterocycles. The molecule has 0 spiro atoms. The molecular weight excluding hydrogens is 431 g/mol. The molecule has 30 heavy (non-hydrogen) atoms. The van der Waals surface area contributed by atoms with Crippen LogP contribution in [0.1, 0.15) is 44.6 Å². The molecule has 156 valence electrons. The first-order chi connectivity index (χ1) is 14.1. The Kier molecular flexibility index (Phi) is 5.23. The van der Waals surface area contributed by atoms with Gasteiger partial charge in [-0.15, -0.1) is 0 Å². The van der Waals surface area contributed by atoms with Crippen molar-refractivity contribution in [1.82, 2.24) is 0 Å². The summed E-state index contributed by atoms with van der Waals surface area (Å²) in [4.78, 5) is 27.7. The van der Waals surface area contributed by atoms with E-state index < -0.39 is 23.0 Å². The van der Waals surface area contributed by atoms with Crippen molar-refractivity contribution in [2.24, 2.45) is 5.41 Å². The fraction of sp³-hybridized carbons (Fsp3) is 0.304. The van der Waals surface area contributed by atoms with Gasteiger partial charge in [-0.1, -0.05) is 49.2 Å². The second-order valence-corrected chi connectivity index (χ2v) is 9.31. The van der Waals surface area contributed by atoms with Crippen molar-refractivity contribution in [3.63, 3.8) is 0 Å². The van der Waals surface area contributed by atoms with Gasteiger partial charge in [-0.25, -0.2) is 8.78 Å². The minimum atomic E-state index is -0.856. The summed E-state index contributed by atoms with van der Waals surface area (Å²) in [7, 11) is 0. The fourth-order valence-corrected chi connectivity index (χ4v) is 4.85. The van der Waals surface area contributed by atoms with Crippen molar-refractivity contribution >= 4 is 40.6 Å². The van der Waals surface area contributed by atoms with Crippen LogP contribution in [0, 0.1) is 17.0 Å². The number of benzene rings is 2. The molecule has 0 fully saturated rings. The Morgan fingerprint density at radius 2 is 1.80 bits per heavy atom. The maximum atomic E-state index is 14.6. The van der Waals surface area contributed by atoms with Gasteiger partial charge in [0.1, 0.15) is 11.6 Å². The van der Waals surface area contributed by atoms with Gasteiger partial charge < -0.3 is 0 Å². The van der Waals surface area contributed by atoms with Crippen LogP contribution in [0.25, 0.3) is 0 Å². The molecule has 2 aliphatic rings. The van der Waals surface area contributed by atoms with Gasteiger partial charge in [0, 0.05) is 36.1 Å². The monoisotopic (exact) mass is 449 g/mol. The van der Waals surface area contributed by atoms with E-state index in [1.165, 1.54) is 11.0 Å². The largest absolute Gasteiger partial charge is 0.294 e. The van der Waals surface area contributed by atoms with Gasteiger partial charge in [0.2, 0.25) is 5.91 Å². The van der Waals surface area contributed by atoms with Gasteiger partial charge in [-0.05, 0) is 35.6 Å². The molecule has 0 saturated heterocycles. The standard InChI is InChI=1S/C23H19Cl2F2NO2/c1-23(2)10-18-21(19(29)11-23)14(13-4-3-5-15(24)22(13)25)9-20(30)28(18)17-7-6-12(26)8-16(17)27/h3-8,14H,9-11H2,1-2H3/t14-/m0/s1. The van der Waals surface area contributed by atoms with E-state index in [9.17, 15) is 18.4 Å². The predicted molar refractivity (Wildman–Crippen MR) is 113 cm³/mol. The summed E-state index contributed by atoms with van der Waals surface area (Å²) in [6.45, 7) is 3.85. The highest BCUT2D eigenvalue weighted by Gasteiger charge is 2.45. The zero-order valence-corrected chi connectivity index (χ0v) is 18.0. The lowest BCUT2D eigenvalue weighted by molar-refractivity contribution is -0.121. The third kappa shape index (κ3) is 3.54. The summed E-state index contributed by atoms with van der Waals surface area (Å²) >= 11 is 12.6. The quantitative estimate of drug-likeness (QED) is 0.529. The average Bonchev–Trinajstić information content (AvgIpc) is 2.63. The van der Waals surface area contributed by atoms with E-state index in [0.717, 1.165) is 12.1 Å². The number of ketones is 1. The summed E-state index contributed by atoms with van der Waals surface area (Å²) in [6, 6.07) is 8.17. The third-order valence-corrected chi connectivity index (χ3v) is 6.48. The summed E-state index contributed by atoms with van der Waals surface area (Å²) < 4.78 is 28.1. The number of anilines is 1. The Hall–Kier alpha value is -2.24. The van der Waals surface area contributed by atoms with Crippen LogP contribution in [0.2, 0.25) is 10.0 Å². The Balaban J connectivity index is 1.95. The van der Waals surface area contributed by atoms with Gasteiger partial charge in [0.25, 0.3) is 0 Å². The highest BCUT2D eigenvalue weighted by Crippen LogP contribution is 2.49. The van der Waals surface area contributed by atoms with E-state index >= 15 is 0 Å². The summed E-state index contributed by atoms with van der Waals surface area (Å²) in [6.07, 6.45) is 0.627. The average molecular weight is 450 g/mol. The number of Topliss-reactive ketones (excluding diaryl/α,β-unsaturated/α-hetero) is 1. The van der Waals surface area contributed by atoms with E-state index in [4.69, 9.17) is 23.2 Å².